The van der Waals surface area contributed by atoms with E-state index >= 15 is 0 Å². The highest BCUT2D eigenvalue weighted by molar-refractivity contribution is 5.71. The minimum absolute atomic E-state index is 0.0791. The van der Waals surface area contributed by atoms with Crippen LogP contribution in [0.2, 0.25) is 0 Å². The van der Waals surface area contributed by atoms with Gasteiger partial charge in [0, 0.05) is 19.3 Å². The fourth-order valence-corrected chi connectivity index (χ4v) is 8.25. The average molecular weight is 976 g/mol. The molecule has 0 radical (unpaired) electrons. The fourth-order valence-electron chi connectivity index (χ4n) is 8.25. The van der Waals surface area contributed by atoms with Crippen molar-refractivity contribution in [2.75, 3.05) is 13.2 Å². The van der Waals surface area contributed by atoms with Crippen LogP contribution in [0.25, 0.3) is 0 Å². The van der Waals surface area contributed by atoms with Crippen LogP contribution in [0.1, 0.15) is 284 Å². The number of carbonyl (C=O) groups excluding carboxylic acids is 3. The standard InChI is InChI=1S/C64H110O6/c1-4-7-10-13-16-19-22-24-26-27-28-29-30-31-32-33-34-35-36-37-39-40-42-45-48-51-54-57-63(66)69-60-61(59-68-62(65)56-53-50-47-44-21-18-15-12-9-6-3)70-64(67)58-55-52-49-46-43-41-38-25-23-20-17-14-11-8-5-2/h7,10,16,19,24,26,28-29,31-32,34-35,37,39,61H,4-6,8-9,11-15,17-18,20-23,25,27,30,33,36,38,40-60H2,1-3H3/b10-7-,19-16-,26-24-,29-28-,32-31-,35-34-,39-37-. The summed E-state index contributed by atoms with van der Waals surface area (Å²) in [5, 5.41) is 0. The van der Waals surface area contributed by atoms with Gasteiger partial charge in [-0.3, -0.25) is 14.4 Å². The van der Waals surface area contributed by atoms with Gasteiger partial charge in [0.2, 0.25) is 0 Å². The van der Waals surface area contributed by atoms with Crippen molar-refractivity contribution in [1.29, 1.82) is 0 Å². The van der Waals surface area contributed by atoms with Crippen molar-refractivity contribution in [2.45, 2.75) is 290 Å². The Labute approximate surface area is 433 Å². The number of unbranched alkanes of at least 4 members (excludes halogenated alkanes) is 28. The molecule has 70 heavy (non-hydrogen) atoms. The molecule has 0 aliphatic heterocycles. The summed E-state index contributed by atoms with van der Waals surface area (Å²) in [6.07, 6.45) is 75.8. The van der Waals surface area contributed by atoms with Gasteiger partial charge >= 0.3 is 17.9 Å². The zero-order valence-electron chi connectivity index (χ0n) is 46.0. The van der Waals surface area contributed by atoms with Crippen molar-refractivity contribution in [1.82, 2.24) is 0 Å². The highest BCUT2D eigenvalue weighted by Crippen LogP contribution is 2.16. The van der Waals surface area contributed by atoms with Gasteiger partial charge in [0.25, 0.3) is 0 Å². The van der Waals surface area contributed by atoms with E-state index in [-0.39, 0.29) is 31.1 Å². The van der Waals surface area contributed by atoms with E-state index in [9.17, 15) is 14.4 Å². The minimum atomic E-state index is -0.781. The first-order valence-corrected chi connectivity index (χ1v) is 29.6. The van der Waals surface area contributed by atoms with Crippen molar-refractivity contribution in [3.8, 4) is 0 Å². The number of hydrogen-bond acceptors (Lipinski definition) is 6. The smallest absolute Gasteiger partial charge is 0.306 e. The molecule has 0 aliphatic carbocycles. The third kappa shape index (κ3) is 55.5. The maximum absolute atomic E-state index is 12.8. The first kappa shape index (κ1) is 66.6. The van der Waals surface area contributed by atoms with Crippen LogP contribution in [0, 0.1) is 0 Å². The van der Waals surface area contributed by atoms with Crippen molar-refractivity contribution in [2.24, 2.45) is 0 Å². The molecule has 402 valence electrons. The summed E-state index contributed by atoms with van der Waals surface area (Å²) in [4.78, 5) is 38.1. The fraction of sp³-hybridized carbons (Fsp3) is 0.734. The van der Waals surface area contributed by atoms with E-state index in [1.54, 1.807) is 0 Å². The molecule has 6 heteroatoms. The molecule has 0 heterocycles. The number of esters is 3. The zero-order valence-corrected chi connectivity index (χ0v) is 46.0. The summed E-state index contributed by atoms with van der Waals surface area (Å²) >= 11 is 0. The van der Waals surface area contributed by atoms with Crippen molar-refractivity contribution in [3.05, 3.63) is 85.1 Å². The lowest BCUT2D eigenvalue weighted by atomic mass is 10.0. The molecule has 0 aliphatic rings. The van der Waals surface area contributed by atoms with Gasteiger partial charge in [-0.25, -0.2) is 0 Å². The molecule has 0 saturated heterocycles. The lowest BCUT2D eigenvalue weighted by Gasteiger charge is -2.18. The second-order valence-corrected chi connectivity index (χ2v) is 19.5. The summed E-state index contributed by atoms with van der Waals surface area (Å²) < 4.78 is 16.8. The maximum atomic E-state index is 12.8. The molecule has 0 aromatic rings. The Morgan fingerprint density at radius 2 is 0.557 bits per heavy atom. The Balaban J connectivity index is 4.29. The van der Waals surface area contributed by atoms with Crippen LogP contribution in [0.3, 0.4) is 0 Å². The van der Waals surface area contributed by atoms with Gasteiger partial charge in [-0.1, -0.05) is 273 Å². The van der Waals surface area contributed by atoms with Gasteiger partial charge < -0.3 is 14.2 Å². The van der Waals surface area contributed by atoms with Crippen LogP contribution in [-0.2, 0) is 28.6 Å². The van der Waals surface area contributed by atoms with Crippen LogP contribution in [0.5, 0.6) is 0 Å². The minimum Gasteiger partial charge on any atom is -0.462 e. The molecule has 0 fully saturated rings. The number of rotatable bonds is 53. The molecule has 0 rings (SSSR count). The van der Waals surface area contributed by atoms with Crippen LogP contribution in [0.15, 0.2) is 85.1 Å². The van der Waals surface area contributed by atoms with Crippen LogP contribution >= 0.6 is 0 Å². The van der Waals surface area contributed by atoms with E-state index in [0.717, 1.165) is 122 Å². The quantitative estimate of drug-likeness (QED) is 0.0261. The van der Waals surface area contributed by atoms with E-state index in [2.05, 4.69) is 106 Å². The lowest BCUT2D eigenvalue weighted by Crippen LogP contribution is -2.30. The molecule has 0 amide bonds. The molecule has 0 N–H and O–H groups in total. The summed E-state index contributed by atoms with van der Waals surface area (Å²) in [5.41, 5.74) is 0. The summed E-state index contributed by atoms with van der Waals surface area (Å²) in [5.74, 6) is -0.891. The number of hydrogen-bond donors (Lipinski definition) is 0. The molecular formula is C64H110O6. The Morgan fingerprint density at radius 1 is 0.300 bits per heavy atom. The van der Waals surface area contributed by atoms with Crippen LogP contribution < -0.4 is 0 Å². The Morgan fingerprint density at radius 3 is 0.871 bits per heavy atom. The van der Waals surface area contributed by atoms with E-state index in [0.29, 0.717) is 19.3 Å². The second-order valence-electron chi connectivity index (χ2n) is 19.5. The zero-order chi connectivity index (χ0) is 50.7. The molecular weight excluding hydrogens is 865 g/mol. The molecule has 0 spiro atoms. The largest absolute Gasteiger partial charge is 0.462 e. The first-order valence-electron chi connectivity index (χ1n) is 29.6. The lowest BCUT2D eigenvalue weighted by molar-refractivity contribution is -0.167. The molecule has 1 unspecified atom stereocenters. The predicted molar refractivity (Wildman–Crippen MR) is 302 cm³/mol. The molecule has 0 aromatic carbocycles. The van der Waals surface area contributed by atoms with E-state index in [4.69, 9.17) is 14.2 Å². The van der Waals surface area contributed by atoms with E-state index in [1.165, 1.54) is 122 Å². The topological polar surface area (TPSA) is 78.9 Å². The Hall–Kier alpha value is -3.41. The average Bonchev–Trinajstić information content (AvgIpc) is 3.36. The second kappa shape index (κ2) is 58.2. The van der Waals surface area contributed by atoms with Gasteiger partial charge in [-0.05, 0) is 77.0 Å². The van der Waals surface area contributed by atoms with E-state index in [1.807, 2.05) is 0 Å². The predicted octanol–water partition coefficient (Wildman–Crippen LogP) is 19.9. The molecule has 6 nitrogen and oxygen atoms in total. The summed E-state index contributed by atoms with van der Waals surface area (Å²) in [6, 6.07) is 0. The number of allylic oxidation sites excluding steroid dienone is 14. The van der Waals surface area contributed by atoms with Gasteiger partial charge in [-0.15, -0.1) is 0 Å². The van der Waals surface area contributed by atoms with Gasteiger partial charge in [-0.2, -0.15) is 0 Å². The van der Waals surface area contributed by atoms with Gasteiger partial charge in [0.15, 0.2) is 6.10 Å². The summed E-state index contributed by atoms with van der Waals surface area (Å²) in [6.45, 7) is 6.52. The van der Waals surface area contributed by atoms with E-state index < -0.39 is 6.10 Å². The van der Waals surface area contributed by atoms with Crippen molar-refractivity contribution < 1.29 is 28.6 Å². The van der Waals surface area contributed by atoms with Crippen molar-refractivity contribution >= 4 is 17.9 Å². The normalized spacial score (nSPS) is 12.7. The highest BCUT2D eigenvalue weighted by atomic mass is 16.6. The SMILES string of the molecule is CC/C=C\C/C=C\C/C=C\C/C=C\C/C=C\C/C=C\C/C=C\CCCCCCCC(=O)OCC(COC(=O)CCCCCCCCCCCC)OC(=O)CCCCCCCCCCCCCCCCC. The molecule has 0 aromatic heterocycles. The highest BCUT2D eigenvalue weighted by Gasteiger charge is 2.19. The van der Waals surface area contributed by atoms with Gasteiger partial charge in [0.05, 0.1) is 0 Å². The van der Waals surface area contributed by atoms with Crippen LogP contribution in [-0.4, -0.2) is 37.2 Å². The van der Waals surface area contributed by atoms with Gasteiger partial charge in [0.1, 0.15) is 13.2 Å². The molecule has 0 bridgehead atoms. The summed E-state index contributed by atoms with van der Waals surface area (Å²) in [7, 11) is 0. The third-order valence-electron chi connectivity index (χ3n) is 12.7. The van der Waals surface area contributed by atoms with Crippen molar-refractivity contribution in [3.63, 3.8) is 0 Å². The number of carbonyl (C=O) groups is 3. The monoisotopic (exact) mass is 975 g/mol. The first-order chi connectivity index (χ1) is 34.5. The molecule has 0 saturated carbocycles. The number of ether oxygens (including phenoxy) is 3. The third-order valence-corrected chi connectivity index (χ3v) is 12.7. The Kier molecular flexibility index (Phi) is 55.3. The molecule has 1 atom stereocenters. The maximum Gasteiger partial charge on any atom is 0.306 e. The Bertz CT molecular complexity index is 1350. The van der Waals surface area contributed by atoms with Crippen LogP contribution in [0.4, 0.5) is 0 Å².